The molecule has 2 saturated heterocycles. The van der Waals surface area contributed by atoms with Crippen molar-refractivity contribution in [2.75, 3.05) is 50.5 Å². The summed E-state index contributed by atoms with van der Waals surface area (Å²) in [7, 11) is 1.82. The summed E-state index contributed by atoms with van der Waals surface area (Å²) in [6.45, 7) is 0.781. The molecule has 3 N–H and O–H groups in total. The second-order valence-corrected chi connectivity index (χ2v) is 12.9. The van der Waals surface area contributed by atoms with Gasteiger partial charge < -0.3 is 29.7 Å². The summed E-state index contributed by atoms with van der Waals surface area (Å²) in [4.78, 5) is 22.6. The molecule has 3 aliphatic rings. The van der Waals surface area contributed by atoms with Gasteiger partial charge in [-0.2, -0.15) is 25.2 Å². The number of fused-ring (bicyclic) bond motifs is 1. The molecule has 2 aliphatic heterocycles. The number of alkyl halides is 1. The highest BCUT2D eigenvalue weighted by Crippen LogP contribution is 2.48. The Labute approximate surface area is 257 Å². The largest absolute Gasteiger partial charge is 0.459 e. The molecule has 1 aliphatic carbocycles. The fourth-order valence-electron chi connectivity index (χ4n) is 6.27. The summed E-state index contributed by atoms with van der Waals surface area (Å²) in [5.74, 6) is 0.276. The SMILES string of the molecule is [2H]C([2H])([2H])C1(O)COCCN(c2nc(O[C@@H](C)[C@@H]3C[C@@H](F)CN3C)nc(-c3noc([C@@]4(C)CCCc5sc(N)c(C#N)c54)n3)n2)C1. The average molecular weight is 617 g/mol. The molecule has 0 saturated carbocycles. The maximum Gasteiger partial charge on any atom is 0.322 e. The lowest BCUT2D eigenvalue weighted by Crippen LogP contribution is -2.42. The first-order valence-electron chi connectivity index (χ1n) is 15.7. The number of hydrogen-bond donors (Lipinski definition) is 2. The summed E-state index contributed by atoms with van der Waals surface area (Å²) < 4.78 is 55.3. The van der Waals surface area contributed by atoms with E-state index in [4.69, 9.17) is 23.8 Å². The number of β-amino-alcohol motifs (C(OH)–C–C–N with tert-alkyl or cyclic N) is 1. The molecule has 2 fully saturated rings. The van der Waals surface area contributed by atoms with Gasteiger partial charge in [-0.05, 0) is 53.4 Å². The summed E-state index contributed by atoms with van der Waals surface area (Å²) in [6.07, 6.45) is 1.04. The van der Waals surface area contributed by atoms with Crippen molar-refractivity contribution in [1.82, 2.24) is 30.0 Å². The summed E-state index contributed by atoms with van der Waals surface area (Å²) in [5, 5.41) is 25.6. The fraction of sp³-hybridized carbons (Fsp3) is 0.643. The van der Waals surface area contributed by atoms with Gasteiger partial charge in [-0.25, -0.2) is 4.39 Å². The van der Waals surface area contributed by atoms with Gasteiger partial charge in [0.15, 0.2) is 0 Å². The number of anilines is 2. The molecule has 3 aromatic rings. The molecule has 0 spiro atoms. The van der Waals surface area contributed by atoms with Crippen LogP contribution in [0.15, 0.2) is 4.52 Å². The highest BCUT2D eigenvalue weighted by atomic mass is 32.1. The summed E-state index contributed by atoms with van der Waals surface area (Å²) in [6, 6.07) is 1.88. The van der Waals surface area contributed by atoms with Gasteiger partial charge in [0.25, 0.3) is 0 Å². The lowest BCUT2D eigenvalue weighted by Gasteiger charge is -2.30. The van der Waals surface area contributed by atoms with Crippen molar-refractivity contribution in [3.05, 3.63) is 21.9 Å². The zero-order chi connectivity index (χ0) is 33.0. The van der Waals surface area contributed by atoms with E-state index in [1.165, 1.54) is 16.2 Å². The van der Waals surface area contributed by atoms with Crippen molar-refractivity contribution >= 4 is 22.3 Å². The van der Waals surface area contributed by atoms with Crippen LogP contribution in [-0.4, -0.2) is 98.9 Å². The Morgan fingerprint density at radius 2 is 2.16 bits per heavy atom. The van der Waals surface area contributed by atoms with E-state index in [9.17, 15) is 14.8 Å². The van der Waals surface area contributed by atoms with E-state index < -0.39 is 36.8 Å². The van der Waals surface area contributed by atoms with Crippen LogP contribution in [-0.2, 0) is 16.6 Å². The molecule has 230 valence electrons. The van der Waals surface area contributed by atoms with E-state index in [0.29, 0.717) is 17.0 Å². The predicted molar refractivity (Wildman–Crippen MR) is 156 cm³/mol. The van der Waals surface area contributed by atoms with E-state index in [1.807, 2.05) is 18.9 Å². The Hall–Kier alpha value is -3.45. The molecular formula is C28H36FN9O4S. The van der Waals surface area contributed by atoms with Gasteiger partial charge in [-0.1, -0.05) is 5.16 Å². The second kappa shape index (κ2) is 11.2. The number of likely N-dealkylation sites (tertiary alicyclic amines) is 1. The summed E-state index contributed by atoms with van der Waals surface area (Å²) in [5.41, 5.74) is 4.41. The van der Waals surface area contributed by atoms with Crippen molar-refractivity contribution in [2.45, 2.75) is 75.7 Å². The number of ether oxygens (including phenoxy) is 2. The lowest BCUT2D eigenvalue weighted by atomic mass is 9.72. The maximum absolute atomic E-state index is 14.2. The second-order valence-electron chi connectivity index (χ2n) is 11.8. The number of aromatic nitrogens is 5. The first kappa shape index (κ1) is 26.0. The highest BCUT2D eigenvalue weighted by Gasteiger charge is 2.43. The van der Waals surface area contributed by atoms with Crippen molar-refractivity contribution in [3.8, 4) is 23.7 Å². The van der Waals surface area contributed by atoms with Gasteiger partial charge in [0.2, 0.25) is 23.5 Å². The minimum absolute atomic E-state index is 0.0124. The third-order valence-corrected chi connectivity index (χ3v) is 9.50. The van der Waals surface area contributed by atoms with Gasteiger partial charge >= 0.3 is 6.01 Å². The molecule has 43 heavy (non-hydrogen) atoms. The number of nitrogen functional groups attached to an aromatic ring is 1. The Kier molecular flexibility index (Phi) is 6.79. The molecule has 5 atom stereocenters. The minimum atomic E-state index is -2.75. The predicted octanol–water partition coefficient (Wildman–Crippen LogP) is 2.48. The number of nitriles is 1. The quantitative estimate of drug-likeness (QED) is 0.414. The molecule has 6 rings (SSSR count). The Bertz CT molecular complexity index is 1650. The van der Waals surface area contributed by atoms with Crippen molar-refractivity contribution in [2.24, 2.45) is 0 Å². The van der Waals surface area contributed by atoms with Crippen LogP contribution in [0.1, 0.15) is 66.0 Å². The van der Waals surface area contributed by atoms with Gasteiger partial charge in [0.05, 0.1) is 30.7 Å². The van der Waals surface area contributed by atoms with E-state index in [2.05, 4.69) is 31.2 Å². The molecule has 13 nitrogen and oxygen atoms in total. The molecule has 15 heteroatoms. The molecule has 1 unspecified atom stereocenters. The van der Waals surface area contributed by atoms with E-state index in [0.717, 1.165) is 23.3 Å². The molecule has 3 aromatic heterocycles. The van der Waals surface area contributed by atoms with Gasteiger partial charge in [-0.3, -0.25) is 4.90 Å². The van der Waals surface area contributed by atoms with E-state index in [1.54, 1.807) is 6.92 Å². The first-order valence-corrected chi connectivity index (χ1v) is 15.0. The number of nitrogens with two attached hydrogens (primary N) is 1. The number of halogens is 1. The molecule has 0 radical (unpaired) electrons. The van der Waals surface area contributed by atoms with Crippen LogP contribution < -0.4 is 15.4 Å². The Balaban J connectivity index is 1.39. The van der Waals surface area contributed by atoms with E-state index in [-0.39, 0.29) is 68.2 Å². The van der Waals surface area contributed by atoms with Crippen molar-refractivity contribution in [1.29, 1.82) is 5.26 Å². The first-order chi connectivity index (χ1) is 21.7. The number of aryl methyl sites for hydroxylation is 1. The molecule has 0 amide bonds. The van der Waals surface area contributed by atoms with Crippen LogP contribution in [0.3, 0.4) is 0 Å². The average Bonchev–Trinajstić information content (AvgIpc) is 3.67. The van der Waals surface area contributed by atoms with Crippen LogP contribution >= 0.6 is 11.3 Å². The smallest absolute Gasteiger partial charge is 0.322 e. The van der Waals surface area contributed by atoms with Gasteiger partial charge in [0, 0.05) is 33.7 Å². The van der Waals surface area contributed by atoms with Crippen LogP contribution in [0.4, 0.5) is 15.3 Å². The Morgan fingerprint density at radius 3 is 2.91 bits per heavy atom. The lowest BCUT2D eigenvalue weighted by molar-refractivity contribution is -0.0123. The molecule has 0 bridgehead atoms. The fourth-order valence-corrected chi connectivity index (χ4v) is 7.46. The van der Waals surface area contributed by atoms with Crippen LogP contribution in [0.5, 0.6) is 6.01 Å². The molecule has 0 aromatic carbocycles. The zero-order valence-electron chi connectivity index (χ0n) is 27.2. The van der Waals surface area contributed by atoms with E-state index >= 15 is 0 Å². The van der Waals surface area contributed by atoms with Crippen molar-refractivity contribution < 1.29 is 27.6 Å². The third-order valence-electron chi connectivity index (χ3n) is 8.42. The maximum atomic E-state index is 14.2. The number of thiophene rings is 1. The highest BCUT2D eigenvalue weighted by molar-refractivity contribution is 7.16. The molecular weight excluding hydrogens is 577 g/mol. The number of hydrogen-bond acceptors (Lipinski definition) is 14. The normalized spacial score (nSPS) is 30.0. The summed E-state index contributed by atoms with van der Waals surface area (Å²) >= 11 is 1.39. The standard InChI is InChI=1S/C28H36FN9O4S/c1-15(18-10-16(29)12-37(18)4)41-26-34-22(33-25(35-26)38-8-9-40-14-27(2,39)13-38)23-32-24(42-36-23)28(3)7-5-6-19-20(28)17(11-30)21(31)43-19/h15-16,18,39H,5-10,12-14,31H2,1-4H3/t15-,16+,18-,27?,28-/m0/s1/i2D3. The van der Waals surface area contributed by atoms with Crippen LogP contribution in [0, 0.1) is 11.3 Å². The Morgan fingerprint density at radius 1 is 1.33 bits per heavy atom. The zero-order valence-corrected chi connectivity index (χ0v) is 25.0. The van der Waals surface area contributed by atoms with Crippen LogP contribution in [0.2, 0.25) is 0 Å². The third kappa shape index (κ3) is 5.64. The van der Waals surface area contributed by atoms with Crippen molar-refractivity contribution in [3.63, 3.8) is 0 Å². The number of nitrogens with zero attached hydrogens (tertiary/aromatic N) is 8. The number of likely N-dealkylation sites (N-methyl/N-ethyl adjacent to an activating group) is 1. The van der Waals surface area contributed by atoms with Gasteiger partial charge in [0.1, 0.15) is 28.9 Å². The van der Waals surface area contributed by atoms with Crippen LogP contribution in [0.25, 0.3) is 11.6 Å². The number of aliphatic hydroxyl groups is 1. The molecule has 5 heterocycles. The number of rotatable bonds is 6. The topological polar surface area (TPSA) is 173 Å². The minimum Gasteiger partial charge on any atom is -0.459 e. The van der Waals surface area contributed by atoms with Gasteiger partial charge in [-0.15, -0.1) is 11.3 Å². The monoisotopic (exact) mass is 616 g/mol.